The summed E-state index contributed by atoms with van der Waals surface area (Å²) in [5.74, 6) is -11.2. The van der Waals surface area contributed by atoms with E-state index >= 15 is 0 Å². The molecule has 14 amide bonds. The number of H-pyrrole nitrogens is 2. The van der Waals surface area contributed by atoms with Crippen LogP contribution in [-0.4, -0.2) is 208 Å². The van der Waals surface area contributed by atoms with Gasteiger partial charge in [-0.3, -0.25) is 67.1 Å². The molecule has 35 heteroatoms. The first kappa shape index (κ1) is 74.4. The molecule has 0 aliphatic rings. The summed E-state index contributed by atoms with van der Waals surface area (Å²) in [4.78, 5) is 191. The minimum atomic E-state index is -1.42. The molecule has 21 N–H and O–H groups in total. The second-order valence-electron chi connectivity index (χ2n) is 20.6. The number of thiol groups is 1. The van der Waals surface area contributed by atoms with Gasteiger partial charge in [-0.2, -0.15) is 24.4 Å². The number of hydrogen-bond acceptors (Lipinski definition) is 19. The van der Waals surface area contributed by atoms with Crippen LogP contribution in [0.4, 0.5) is 0 Å². The largest absolute Gasteiger partial charge is 0.394 e. The summed E-state index contributed by atoms with van der Waals surface area (Å²) >= 11 is 5.49. The van der Waals surface area contributed by atoms with Crippen LogP contribution in [0.25, 0.3) is 10.9 Å². The van der Waals surface area contributed by atoms with E-state index in [-0.39, 0.29) is 63.7 Å². The van der Waals surface area contributed by atoms with Gasteiger partial charge in [0.2, 0.25) is 82.7 Å². The Hall–Kier alpha value is -8.83. The first-order valence-corrected chi connectivity index (χ1v) is 30.3. The van der Waals surface area contributed by atoms with Gasteiger partial charge in [0.25, 0.3) is 0 Å². The van der Waals surface area contributed by atoms with Crippen LogP contribution < -0.4 is 81.0 Å². The normalized spacial score (nSPS) is 13.7. The standard InChI is InChI=1S/C54H82N18O15S2/c1-28(2)46(54(87)63-24-45(79)68-37(18-31-21-58-27-64-31)49(82)62-23-44(78)66-34(47(57)80)14-16-89-4)72-48(81)29(3)65-52(85)36(17-30-20-60-33-10-6-5-9-32(30)33)70-51(84)35(12-13-40(56)74)67-41(75)11-7-8-15-59-43(77)22-61-50(83)39(26-88)71-53(86)38(25-73)69-42(76)19-55/h5-6,9-10,20-21,27-29,34-39,46,60,73,88H,7-8,11-19,22-26,55H2,1-4H3,(H2,56,74)(H2,57,80)(H,58,64)(H,59,77)(H,61,83)(H,62,82)(H,63,87)(H,65,85)(H,66,78)(H,67,75)(H,68,79)(H,69,76)(H,70,84)(H,71,86)(H,72,81)/t29-,34-,35-,36-,37-,38-,39-,46-/m0/s1. The number of carbonyl (C=O) groups excluding carboxylic acids is 14. The highest BCUT2D eigenvalue weighted by Crippen LogP contribution is 2.20. The number of thioether (sulfide) groups is 1. The fraction of sp³-hybridized carbons (Fsp3) is 0.537. The number of aromatic nitrogens is 3. The number of benzene rings is 1. The summed E-state index contributed by atoms with van der Waals surface area (Å²) in [6.45, 7) is 1.63. The Labute approximate surface area is 521 Å². The van der Waals surface area contributed by atoms with E-state index < -0.39 is 170 Å². The molecule has 0 fully saturated rings. The van der Waals surface area contributed by atoms with Crippen LogP contribution in [0.5, 0.6) is 0 Å². The number of fused-ring (bicyclic) bond motifs is 1. The molecule has 2 heterocycles. The number of nitrogens with one attached hydrogen (secondary N) is 14. The predicted molar refractivity (Wildman–Crippen MR) is 327 cm³/mol. The molecule has 0 saturated heterocycles. The lowest BCUT2D eigenvalue weighted by atomic mass is 10.0. The minimum absolute atomic E-state index is 0.0520. The molecule has 0 saturated carbocycles. The lowest BCUT2D eigenvalue weighted by molar-refractivity contribution is -0.135. The van der Waals surface area contributed by atoms with E-state index in [9.17, 15) is 72.2 Å². The van der Waals surface area contributed by atoms with Crippen molar-refractivity contribution in [3.05, 3.63) is 54.2 Å². The monoisotopic (exact) mass is 1290 g/mol. The van der Waals surface area contributed by atoms with Crippen molar-refractivity contribution >= 4 is 118 Å². The molecule has 0 aliphatic heterocycles. The third kappa shape index (κ3) is 27.0. The van der Waals surface area contributed by atoms with Crippen molar-refractivity contribution < 1.29 is 72.2 Å². The molecular formula is C54H82N18O15S2. The van der Waals surface area contributed by atoms with Crippen molar-refractivity contribution in [1.29, 1.82) is 0 Å². The Kier molecular flexibility index (Phi) is 32.7. The van der Waals surface area contributed by atoms with E-state index in [0.717, 1.165) is 0 Å². The zero-order valence-corrected chi connectivity index (χ0v) is 51.5. The number of para-hydroxylation sites is 1. The highest BCUT2D eigenvalue weighted by atomic mass is 32.2. The summed E-state index contributed by atoms with van der Waals surface area (Å²) in [7, 11) is 0. The average Bonchev–Trinajstić information content (AvgIpc) is 3.63. The smallest absolute Gasteiger partial charge is 0.245 e. The van der Waals surface area contributed by atoms with E-state index in [1.54, 1.807) is 44.3 Å². The molecule has 3 rings (SSSR count). The molecule has 0 unspecified atom stereocenters. The van der Waals surface area contributed by atoms with E-state index in [4.69, 9.17) is 17.2 Å². The van der Waals surface area contributed by atoms with Crippen molar-refractivity contribution in [1.82, 2.24) is 78.8 Å². The van der Waals surface area contributed by atoms with Crippen LogP contribution in [0.15, 0.2) is 43.0 Å². The van der Waals surface area contributed by atoms with E-state index in [1.165, 1.54) is 31.2 Å². The summed E-state index contributed by atoms with van der Waals surface area (Å²) in [5, 5.41) is 39.8. The molecule has 33 nitrogen and oxygen atoms in total. The van der Waals surface area contributed by atoms with Gasteiger partial charge in [-0.25, -0.2) is 4.98 Å². The number of aromatic amines is 2. The van der Waals surface area contributed by atoms with Crippen molar-refractivity contribution in [3.63, 3.8) is 0 Å². The second-order valence-corrected chi connectivity index (χ2v) is 22.0. The molecule has 0 spiro atoms. The minimum Gasteiger partial charge on any atom is -0.394 e. The topological polar surface area (TPSA) is 526 Å². The number of amides is 14. The molecule has 2 aromatic heterocycles. The van der Waals surface area contributed by atoms with Gasteiger partial charge in [0.15, 0.2) is 0 Å². The number of aliphatic hydroxyl groups excluding tert-OH is 1. The molecule has 89 heavy (non-hydrogen) atoms. The fourth-order valence-electron chi connectivity index (χ4n) is 8.33. The molecule has 490 valence electrons. The Bertz CT molecular complexity index is 2930. The van der Waals surface area contributed by atoms with Crippen LogP contribution in [-0.2, 0) is 80.0 Å². The zero-order valence-electron chi connectivity index (χ0n) is 49.7. The van der Waals surface area contributed by atoms with Crippen molar-refractivity contribution in [2.75, 3.05) is 57.1 Å². The second kappa shape index (κ2) is 39.1. The van der Waals surface area contributed by atoms with E-state index in [1.807, 2.05) is 6.26 Å². The molecule has 8 atom stereocenters. The molecule has 0 bridgehead atoms. The number of imidazole rings is 1. The number of nitrogens with zero attached hydrogens (tertiary/aromatic N) is 1. The van der Waals surface area contributed by atoms with Gasteiger partial charge < -0.3 is 96.1 Å². The first-order chi connectivity index (χ1) is 42.3. The van der Waals surface area contributed by atoms with Gasteiger partial charge in [0, 0.05) is 67.0 Å². The Morgan fingerprint density at radius 2 is 1.18 bits per heavy atom. The van der Waals surface area contributed by atoms with Crippen LogP contribution in [0.1, 0.15) is 70.6 Å². The SMILES string of the molecule is CSCC[C@H](NC(=O)CNC(=O)[C@H](Cc1cnc[nH]1)NC(=O)CNC(=O)[C@@H](NC(=O)[C@H](C)NC(=O)[C@H](Cc1c[nH]c2ccccc12)NC(=O)[C@H](CCC(N)=O)NC(=O)CCCCNC(=O)CNC(=O)[C@H](CS)NC(=O)[C@H](CO)NC(=O)CN)C(C)C)C(N)=O. The van der Waals surface area contributed by atoms with E-state index in [0.29, 0.717) is 27.9 Å². The number of unbranched alkanes of at least 4 members (excludes halogenated alkanes) is 1. The molecule has 1 aromatic carbocycles. The summed E-state index contributed by atoms with van der Waals surface area (Å²) in [6.07, 6.45) is 5.85. The van der Waals surface area contributed by atoms with Gasteiger partial charge in [-0.05, 0) is 62.2 Å². The molecule has 0 aliphatic carbocycles. The lowest BCUT2D eigenvalue weighted by Crippen LogP contribution is -2.59. The van der Waals surface area contributed by atoms with Crippen LogP contribution in [0.2, 0.25) is 0 Å². The Morgan fingerprint density at radius 1 is 0.596 bits per heavy atom. The Balaban J connectivity index is 1.63. The van der Waals surface area contributed by atoms with Crippen LogP contribution >= 0.6 is 24.4 Å². The third-order valence-corrected chi connectivity index (χ3v) is 14.2. The maximum atomic E-state index is 14.2. The van der Waals surface area contributed by atoms with Gasteiger partial charge in [-0.15, -0.1) is 0 Å². The van der Waals surface area contributed by atoms with Gasteiger partial charge >= 0.3 is 0 Å². The van der Waals surface area contributed by atoms with Crippen LogP contribution in [0, 0.1) is 5.92 Å². The van der Waals surface area contributed by atoms with Crippen molar-refractivity contribution in [3.8, 4) is 0 Å². The third-order valence-electron chi connectivity index (χ3n) is 13.2. The number of nitrogens with two attached hydrogens (primary N) is 3. The number of aliphatic hydroxyl groups is 1. The summed E-state index contributed by atoms with van der Waals surface area (Å²) in [6, 6.07) is -3.22. The number of carbonyl (C=O) groups is 14. The zero-order chi connectivity index (χ0) is 66.2. The van der Waals surface area contributed by atoms with Gasteiger partial charge in [0.1, 0.15) is 48.3 Å². The van der Waals surface area contributed by atoms with Crippen molar-refractivity contribution in [2.24, 2.45) is 23.1 Å². The summed E-state index contributed by atoms with van der Waals surface area (Å²) in [5.41, 5.74) is 17.8. The maximum absolute atomic E-state index is 14.2. The van der Waals surface area contributed by atoms with Gasteiger partial charge in [0.05, 0.1) is 39.1 Å². The maximum Gasteiger partial charge on any atom is 0.245 e. The summed E-state index contributed by atoms with van der Waals surface area (Å²) < 4.78 is 0. The average molecular weight is 1290 g/mol. The van der Waals surface area contributed by atoms with Crippen molar-refractivity contribution in [2.45, 2.75) is 120 Å². The number of rotatable bonds is 41. The predicted octanol–water partition coefficient (Wildman–Crippen LogP) is -6.75. The highest BCUT2D eigenvalue weighted by molar-refractivity contribution is 7.98. The molecule has 0 radical (unpaired) electrons. The lowest BCUT2D eigenvalue weighted by Gasteiger charge is -2.26. The highest BCUT2D eigenvalue weighted by Gasteiger charge is 2.33. The quantitative estimate of drug-likeness (QED) is 0.0185. The first-order valence-electron chi connectivity index (χ1n) is 28.3. The number of primary amides is 2. The van der Waals surface area contributed by atoms with Crippen LogP contribution in [0.3, 0.4) is 0 Å². The van der Waals surface area contributed by atoms with Gasteiger partial charge in [-0.1, -0.05) is 32.0 Å². The molecular weight excluding hydrogens is 1200 g/mol. The molecule has 3 aromatic rings. The van der Waals surface area contributed by atoms with E-state index in [2.05, 4.69) is 91.4 Å². The number of hydrogen-bond donors (Lipinski definition) is 19. The Morgan fingerprint density at radius 3 is 1.79 bits per heavy atom. The fourth-order valence-corrected chi connectivity index (χ4v) is 9.06.